The SMILES string of the molecule is Cc1ccc(F)cc1CC(=O)C1CCCCO1. The molecular weight excluding hydrogens is 219 g/mol. The summed E-state index contributed by atoms with van der Waals surface area (Å²) in [5, 5.41) is 0. The van der Waals surface area contributed by atoms with Crippen LogP contribution in [-0.2, 0) is 16.0 Å². The predicted molar refractivity (Wildman–Crippen MR) is 63.4 cm³/mol. The van der Waals surface area contributed by atoms with Crippen molar-refractivity contribution < 1.29 is 13.9 Å². The average molecular weight is 236 g/mol. The molecule has 1 saturated heterocycles. The molecule has 1 atom stereocenters. The van der Waals surface area contributed by atoms with E-state index in [0.29, 0.717) is 6.61 Å². The lowest BCUT2D eigenvalue weighted by molar-refractivity contribution is -0.132. The van der Waals surface area contributed by atoms with E-state index in [1.807, 2.05) is 6.92 Å². The standard InChI is InChI=1S/C14H17FO2/c1-10-5-6-12(15)8-11(10)9-13(16)14-4-2-3-7-17-14/h5-6,8,14H,2-4,7,9H2,1H3. The molecular formula is C14H17FO2. The van der Waals surface area contributed by atoms with Gasteiger partial charge in [-0.25, -0.2) is 4.39 Å². The number of halogens is 1. The summed E-state index contributed by atoms with van der Waals surface area (Å²) in [6.45, 7) is 2.56. The Kier molecular flexibility index (Phi) is 3.89. The fraction of sp³-hybridized carbons (Fsp3) is 0.500. The highest BCUT2D eigenvalue weighted by Crippen LogP contribution is 2.17. The van der Waals surface area contributed by atoms with Crippen molar-refractivity contribution >= 4 is 5.78 Å². The first-order chi connectivity index (χ1) is 8.16. The molecule has 0 aromatic heterocycles. The largest absolute Gasteiger partial charge is 0.370 e. The van der Waals surface area contributed by atoms with Crippen LogP contribution in [0.1, 0.15) is 30.4 Å². The fourth-order valence-electron chi connectivity index (χ4n) is 2.13. The van der Waals surface area contributed by atoms with Gasteiger partial charge in [0, 0.05) is 13.0 Å². The van der Waals surface area contributed by atoms with Crippen LogP contribution in [0.3, 0.4) is 0 Å². The second-order valence-electron chi connectivity index (χ2n) is 4.57. The number of aryl methyl sites for hydroxylation is 1. The number of Topliss-reactive ketones (excluding diaryl/α,β-unsaturated/α-hetero) is 1. The number of carbonyl (C=O) groups excluding carboxylic acids is 1. The smallest absolute Gasteiger partial charge is 0.165 e. The molecule has 1 aliphatic rings. The zero-order valence-corrected chi connectivity index (χ0v) is 10.0. The second kappa shape index (κ2) is 5.41. The van der Waals surface area contributed by atoms with Crippen molar-refractivity contribution in [1.29, 1.82) is 0 Å². The van der Waals surface area contributed by atoms with Gasteiger partial charge in [0.1, 0.15) is 11.9 Å². The van der Waals surface area contributed by atoms with E-state index in [1.54, 1.807) is 6.07 Å². The van der Waals surface area contributed by atoms with E-state index in [-0.39, 0.29) is 24.1 Å². The van der Waals surface area contributed by atoms with Gasteiger partial charge in [0.25, 0.3) is 0 Å². The van der Waals surface area contributed by atoms with Gasteiger partial charge in [0.2, 0.25) is 0 Å². The highest BCUT2D eigenvalue weighted by molar-refractivity contribution is 5.85. The van der Waals surface area contributed by atoms with Crippen molar-refractivity contribution in [3.05, 3.63) is 35.1 Å². The third-order valence-corrected chi connectivity index (χ3v) is 3.21. The Labute approximate surface area is 101 Å². The van der Waals surface area contributed by atoms with E-state index < -0.39 is 0 Å². The number of ketones is 1. The maximum atomic E-state index is 13.1. The van der Waals surface area contributed by atoms with Crippen LogP contribution in [0.4, 0.5) is 4.39 Å². The van der Waals surface area contributed by atoms with Crippen LogP contribution in [0.2, 0.25) is 0 Å². The Morgan fingerprint density at radius 2 is 2.29 bits per heavy atom. The Balaban J connectivity index is 2.04. The van der Waals surface area contributed by atoms with Gasteiger partial charge < -0.3 is 4.74 Å². The molecule has 0 radical (unpaired) electrons. The summed E-state index contributed by atoms with van der Waals surface area (Å²) in [5.74, 6) is -0.221. The summed E-state index contributed by atoms with van der Waals surface area (Å²) in [6.07, 6.45) is 2.86. The maximum absolute atomic E-state index is 13.1. The van der Waals surface area contributed by atoms with Gasteiger partial charge in [0.15, 0.2) is 5.78 Å². The molecule has 1 aromatic carbocycles. The minimum Gasteiger partial charge on any atom is -0.370 e. The van der Waals surface area contributed by atoms with Crippen molar-refractivity contribution in [1.82, 2.24) is 0 Å². The molecule has 1 aliphatic heterocycles. The Hall–Kier alpha value is -1.22. The molecule has 0 saturated carbocycles. The summed E-state index contributed by atoms with van der Waals surface area (Å²) >= 11 is 0. The molecule has 1 unspecified atom stereocenters. The van der Waals surface area contributed by atoms with Crippen LogP contribution in [0.15, 0.2) is 18.2 Å². The van der Waals surface area contributed by atoms with Crippen LogP contribution < -0.4 is 0 Å². The van der Waals surface area contributed by atoms with Crippen molar-refractivity contribution in [2.45, 2.75) is 38.7 Å². The van der Waals surface area contributed by atoms with Crippen LogP contribution in [-0.4, -0.2) is 18.5 Å². The normalized spacial score (nSPS) is 20.2. The quantitative estimate of drug-likeness (QED) is 0.806. The molecule has 0 spiro atoms. The van der Waals surface area contributed by atoms with Crippen molar-refractivity contribution in [2.75, 3.05) is 6.61 Å². The van der Waals surface area contributed by atoms with Gasteiger partial charge in [-0.15, -0.1) is 0 Å². The van der Waals surface area contributed by atoms with Crippen molar-refractivity contribution in [2.24, 2.45) is 0 Å². The second-order valence-corrected chi connectivity index (χ2v) is 4.57. The van der Waals surface area contributed by atoms with E-state index in [4.69, 9.17) is 4.74 Å². The van der Waals surface area contributed by atoms with Crippen LogP contribution in [0.5, 0.6) is 0 Å². The van der Waals surface area contributed by atoms with E-state index in [2.05, 4.69) is 0 Å². The van der Waals surface area contributed by atoms with Crippen molar-refractivity contribution in [3.8, 4) is 0 Å². The molecule has 1 fully saturated rings. The molecule has 0 N–H and O–H groups in total. The van der Waals surface area contributed by atoms with Crippen molar-refractivity contribution in [3.63, 3.8) is 0 Å². The van der Waals surface area contributed by atoms with Crippen LogP contribution in [0.25, 0.3) is 0 Å². The van der Waals surface area contributed by atoms with Gasteiger partial charge >= 0.3 is 0 Å². The van der Waals surface area contributed by atoms with Crippen LogP contribution in [0, 0.1) is 12.7 Å². The molecule has 17 heavy (non-hydrogen) atoms. The van der Waals surface area contributed by atoms with E-state index in [0.717, 1.165) is 30.4 Å². The highest BCUT2D eigenvalue weighted by atomic mass is 19.1. The van der Waals surface area contributed by atoms with E-state index >= 15 is 0 Å². The van der Waals surface area contributed by atoms with Gasteiger partial charge in [-0.3, -0.25) is 4.79 Å². The summed E-state index contributed by atoms with van der Waals surface area (Å²) < 4.78 is 18.5. The third-order valence-electron chi connectivity index (χ3n) is 3.21. The minimum atomic E-state index is -0.289. The van der Waals surface area contributed by atoms with Gasteiger partial charge in [-0.05, 0) is 49.4 Å². The monoisotopic (exact) mass is 236 g/mol. The zero-order chi connectivity index (χ0) is 12.3. The lowest BCUT2D eigenvalue weighted by atomic mass is 9.97. The Morgan fingerprint density at radius 1 is 1.47 bits per heavy atom. The van der Waals surface area contributed by atoms with Crippen LogP contribution >= 0.6 is 0 Å². The summed E-state index contributed by atoms with van der Waals surface area (Å²) in [6, 6.07) is 4.57. The molecule has 92 valence electrons. The number of ether oxygens (including phenoxy) is 1. The number of benzene rings is 1. The highest BCUT2D eigenvalue weighted by Gasteiger charge is 2.22. The number of rotatable bonds is 3. The third kappa shape index (κ3) is 3.13. The zero-order valence-electron chi connectivity index (χ0n) is 10.0. The van der Waals surface area contributed by atoms with Gasteiger partial charge in [-0.2, -0.15) is 0 Å². The first-order valence-corrected chi connectivity index (χ1v) is 6.06. The summed E-state index contributed by atoms with van der Waals surface area (Å²) in [7, 11) is 0. The minimum absolute atomic E-state index is 0.0680. The lowest BCUT2D eigenvalue weighted by Gasteiger charge is -2.21. The van der Waals surface area contributed by atoms with E-state index in [1.165, 1.54) is 12.1 Å². The topological polar surface area (TPSA) is 26.3 Å². The predicted octanol–water partition coefficient (Wildman–Crippen LogP) is 2.81. The Morgan fingerprint density at radius 3 is 3.00 bits per heavy atom. The first kappa shape index (κ1) is 12.2. The van der Waals surface area contributed by atoms with Gasteiger partial charge in [0.05, 0.1) is 0 Å². The molecule has 2 rings (SSSR count). The molecule has 1 heterocycles. The molecule has 0 aliphatic carbocycles. The molecule has 2 nitrogen and oxygen atoms in total. The number of hydrogen-bond donors (Lipinski definition) is 0. The summed E-state index contributed by atoms with van der Waals surface area (Å²) in [4.78, 5) is 12.0. The van der Waals surface area contributed by atoms with E-state index in [9.17, 15) is 9.18 Å². The maximum Gasteiger partial charge on any atom is 0.165 e. The molecule has 3 heteroatoms. The fourth-order valence-corrected chi connectivity index (χ4v) is 2.13. The molecule has 0 bridgehead atoms. The molecule has 1 aromatic rings. The first-order valence-electron chi connectivity index (χ1n) is 6.06. The molecule has 0 amide bonds. The number of hydrogen-bond acceptors (Lipinski definition) is 2. The Bertz CT molecular complexity index is 409. The summed E-state index contributed by atoms with van der Waals surface area (Å²) in [5.41, 5.74) is 1.72. The lowest BCUT2D eigenvalue weighted by Crippen LogP contribution is -2.29. The average Bonchev–Trinajstić information content (AvgIpc) is 2.35. The van der Waals surface area contributed by atoms with Gasteiger partial charge in [-0.1, -0.05) is 6.07 Å². The number of carbonyl (C=O) groups is 1.